The molecule has 0 saturated heterocycles. The molecule has 0 fully saturated rings. The van der Waals surface area contributed by atoms with Crippen LogP contribution in [0.15, 0.2) is 30.3 Å². The van der Waals surface area contributed by atoms with E-state index in [9.17, 15) is 9.18 Å². The van der Waals surface area contributed by atoms with Crippen LogP contribution in [0, 0.1) is 5.82 Å². The van der Waals surface area contributed by atoms with Crippen LogP contribution in [-0.2, 0) is 0 Å². The molecule has 3 rings (SSSR count). The third-order valence-corrected chi connectivity index (χ3v) is 3.25. The molecule has 2 aromatic rings. The van der Waals surface area contributed by atoms with Crippen molar-refractivity contribution >= 4 is 29.0 Å². The molecule has 17 heavy (non-hydrogen) atoms. The summed E-state index contributed by atoms with van der Waals surface area (Å²) in [6.45, 7) is 0. The molecule has 0 radical (unpaired) electrons. The summed E-state index contributed by atoms with van der Waals surface area (Å²) >= 11 is 11.6. The molecule has 84 valence electrons. The summed E-state index contributed by atoms with van der Waals surface area (Å²) in [5, 5.41) is 0.671. The Labute approximate surface area is 107 Å². The first-order valence-corrected chi connectivity index (χ1v) is 5.67. The zero-order chi connectivity index (χ0) is 12.2. The van der Waals surface area contributed by atoms with Crippen molar-refractivity contribution in [1.82, 2.24) is 0 Å². The van der Waals surface area contributed by atoms with Crippen LogP contribution in [0.25, 0.3) is 11.1 Å². The normalized spacial score (nSPS) is 12.5. The first kappa shape index (κ1) is 10.8. The Kier molecular flexibility index (Phi) is 2.25. The molecule has 0 atom stereocenters. The Hall–Kier alpha value is -1.38. The fraction of sp³-hybridized carbons (Fsp3) is 0. The first-order chi connectivity index (χ1) is 8.08. The highest BCUT2D eigenvalue weighted by Gasteiger charge is 2.29. The lowest BCUT2D eigenvalue weighted by atomic mass is 10.1. The minimum Gasteiger partial charge on any atom is -0.289 e. The van der Waals surface area contributed by atoms with Gasteiger partial charge in [-0.25, -0.2) is 4.39 Å². The highest BCUT2D eigenvalue weighted by Crippen LogP contribution is 2.40. The molecule has 0 saturated carbocycles. The van der Waals surface area contributed by atoms with Gasteiger partial charge < -0.3 is 0 Å². The van der Waals surface area contributed by atoms with Gasteiger partial charge in [-0.1, -0.05) is 29.3 Å². The number of carbonyl (C=O) groups is 1. The van der Waals surface area contributed by atoms with Crippen molar-refractivity contribution in [1.29, 1.82) is 0 Å². The number of ketones is 1. The van der Waals surface area contributed by atoms with E-state index in [4.69, 9.17) is 23.2 Å². The predicted molar refractivity (Wildman–Crippen MR) is 65.3 cm³/mol. The molecule has 0 aromatic heterocycles. The monoisotopic (exact) mass is 266 g/mol. The second-order valence-corrected chi connectivity index (χ2v) is 4.70. The maximum atomic E-state index is 13.8. The van der Waals surface area contributed by atoms with E-state index in [2.05, 4.69) is 0 Å². The second-order valence-electron chi connectivity index (χ2n) is 3.83. The third kappa shape index (κ3) is 1.48. The maximum absolute atomic E-state index is 13.8. The van der Waals surface area contributed by atoms with Crippen molar-refractivity contribution in [2.75, 3.05) is 0 Å². The summed E-state index contributed by atoms with van der Waals surface area (Å²) in [5.41, 5.74) is 1.61. The van der Waals surface area contributed by atoms with Crippen LogP contribution in [-0.4, -0.2) is 5.78 Å². The van der Waals surface area contributed by atoms with Crippen molar-refractivity contribution in [3.63, 3.8) is 0 Å². The van der Waals surface area contributed by atoms with E-state index < -0.39 is 5.82 Å². The zero-order valence-corrected chi connectivity index (χ0v) is 9.94. The predicted octanol–water partition coefficient (Wildman–Crippen LogP) is 4.34. The van der Waals surface area contributed by atoms with Gasteiger partial charge in [0.2, 0.25) is 0 Å². The molecule has 1 aliphatic carbocycles. The Morgan fingerprint density at radius 2 is 1.59 bits per heavy atom. The number of benzene rings is 2. The van der Waals surface area contributed by atoms with Crippen LogP contribution in [0.1, 0.15) is 15.9 Å². The lowest BCUT2D eigenvalue weighted by Crippen LogP contribution is -1.95. The van der Waals surface area contributed by atoms with Gasteiger partial charge in [0, 0.05) is 26.7 Å². The van der Waals surface area contributed by atoms with Crippen LogP contribution in [0.4, 0.5) is 4.39 Å². The van der Waals surface area contributed by atoms with E-state index in [-0.39, 0.29) is 10.8 Å². The first-order valence-electron chi connectivity index (χ1n) is 4.91. The van der Waals surface area contributed by atoms with Gasteiger partial charge in [0.05, 0.1) is 0 Å². The molecule has 0 heterocycles. The van der Waals surface area contributed by atoms with Gasteiger partial charge in [-0.3, -0.25) is 4.79 Å². The molecule has 0 spiro atoms. The van der Waals surface area contributed by atoms with Crippen LogP contribution < -0.4 is 0 Å². The van der Waals surface area contributed by atoms with Crippen LogP contribution in [0.5, 0.6) is 0 Å². The third-order valence-electron chi connectivity index (χ3n) is 2.80. The summed E-state index contributed by atoms with van der Waals surface area (Å²) in [6.07, 6.45) is 0. The minimum atomic E-state index is -0.484. The number of fused-ring (bicyclic) bond motifs is 3. The molecule has 1 nitrogen and oxygen atoms in total. The van der Waals surface area contributed by atoms with Crippen molar-refractivity contribution in [3.8, 4) is 11.1 Å². The number of carbonyl (C=O) groups excluding carboxylic acids is 1. The quantitative estimate of drug-likeness (QED) is 0.592. The minimum absolute atomic E-state index is 0.216. The fourth-order valence-corrected chi connectivity index (χ4v) is 2.47. The molecule has 1 aliphatic rings. The lowest BCUT2D eigenvalue weighted by Gasteiger charge is -2.02. The topological polar surface area (TPSA) is 17.1 Å². The Bertz CT molecular complexity index is 665. The van der Waals surface area contributed by atoms with Gasteiger partial charge in [-0.2, -0.15) is 0 Å². The van der Waals surface area contributed by atoms with Gasteiger partial charge >= 0.3 is 0 Å². The van der Waals surface area contributed by atoms with Crippen molar-refractivity contribution in [2.24, 2.45) is 0 Å². The van der Waals surface area contributed by atoms with E-state index in [0.717, 1.165) is 0 Å². The summed E-state index contributed by atoms with van der Waals surface area (Å²) in [7, 11) is 0. The van der Waals surface area contributed by atoms with Gasteiger partial charge in [0.1, 0.15) is 5.82 Å². The molecular formula is C13H5Cl2FO. The Morgan fingerprint density at radius 3 is 2.35 bits per heavy atom. The highest BCUT2D eigenvalue weighted by atomic mass is 35.5. The Morgan fingerprint density at radius 1 is 0.882 bits per heavy atom. The molecule has 0 unspecified atom stereocenters. The van der Waals surface area contributed by atoms with E-state index in [0.29, 0.717) is 27.3 Å². The summed E-state index contributed by atoms with van der Waals surface area (Å²) in [4.78, 5) is 12.1. The molecule has 0 N–H and O–H groups in total. The van der Waals surface area contributed by atoms with Gasteiger partial charge in [-0.15, -0.1) is 0 Å². The van der Waals surface area contributed by atoms with Crippen molar-refractivity contribution in [2.45, 2.75) is 0 Å². The highest BCUT2D eigenvalue weighted by molar-refractivity contribution is 6.33. The number of hydrogen-bond acceptors (Lipinski definition) is 1. The van der Waals surface area contributed by atoms with E-state index in [1.807, 2.05) is 0 Å². The summed E-state index contributed by atoms with van der Waals surface area (Å²) in [6, 6.07) is 7.52. The lowest BCUT2D eigenvalue weighted by molar-refractivity contribution is 0.104. The average molecular weight is 267 g/mol. The zero-order valence-electron chi connectivity index (χ0n) is 8.43. The van der Waals surface area contributed by atoms with E-state index in [1.54, 1.807) is 18.2 Å². The van der Waals surface area contributed by atoms with Gasteiger partial charge in [-0.05, 0) is 29.8 Å². The number of rotatable bonds is 0. The molecule has 0 aliphatic heterocycles. The average Bonchev–Trinajstić information content (AvgIpc) is 2.53. The van der Waals surface area contributed by atoms with Crippen LogP contribution >= 0.6 is 23.2 Å². The summed E-state index contributed by atoms with van der Waals surface area (Å²) in [5.74, 6) is -0.721. The fourth-order valence-electron chi connectivity index (χ4n) is 2.09. The summed E-state index contributed by atoms with van der Waals surface area (Å²) < 4.78 is 13.8. The van der Waals surface area contributed by atoms with Crippen molar-refractivity contribution in [3.05, 3.63) is 57.3 Å². The second kappa shape index (κ2) is 3.56. The van der Waals surface area contributed by atoms with E-state index >= 15 is 0 Å². The number of halogens is 3. The van der Waals surface area contributed by atoms with Gasteiger partial charge in [0.25, 0.3) is 0 Å². The van der Waals surface area contributed by atoms with Crippen LogP contribution in [0.2, 0.25) is 10.0 Å². The SMILES string of the molecule is O=C1c2cc(Cl)ccc2-c2c(F)cc(Cl)cc21. The molecule has 4 heteroatoms. The standard InChI is InChI=1S/C13H5Cl2FO/c14-6-1-2-8-9(3-6)13(17)10-4-7(15)5-11(16)12(8)10/h1-5H. The van der Waals surface area contributed by atoms with Crippen LogP contribution in [0.3, 0.4) is 0 Å². The molecule has 0 bridgehead atoms. The smallest absolute Gasteiger partial charge is 0.194 e. The number of hydrogen-bond donors (Lipinski definition) is 0. The van der Waals surface area contributed by atoms with Crippen molar-refractivity contribution < 1.29 is 9.18 Å². The maximum Gasteiger partial charge on any atom is 0.194 e. The molecule has 0 amide bonds. The molecular weight excluding hydrogens is 262 g/mol. The van der Waals surface area contributed by atoms with Gasteiger partial charge in [0.15, 0.2) is 5.78 Å². The van der Waals surface area contributed by atoms with E-state index in [1.165, 1.54) is 12.1 Å². The largest absolute Gasteiger partial charge is 0.289 e. The Balaban J connectivity index is 2.39. The molecule has 2 aromatic carbocycles.